The first kappa shape index (κ1) is 21.2. The van der Waals surface area contributed by atoms with E-state index >= 15 is 0 Å². The van der Waals surface area contributed by atoms with Gasteiger partial charge in [0.25, 0.3) is 5.91 Å². The third-order valence-corrected chi connectivity index (χ3v) is 5.08. The van der Waals surface area contributed by atoms with Gasteiger partial charge in [-0.25, -0.2) is 14.7 Å². The Labute approximate surface area is 188 Å². The number of nitrogens with zero attached hydrogens (tertiary/aromatic N) is 5. The summed E-state index contributed by atoms with van der Waals surface area (Å²) >= 11 is 0. The highest BCUT2D eigenvalue weighted by molar-refractivity contribution is 6.26. The SMILES string of the molecule is Nc1n[nH]c2ncc(Oc3ccc(N4C(=O)CN(c5cncc(C(F)(F)F)c5)C4=O)cc3)cc12. The molecule has 1 aliphatic rings. The van der Waals surface area contributed by atoms with Gasteiger partial charge in [-0.2, -0.15) is 18.3 Å². The number of anilines is 3. The van der Waals surface area contributed by atoms with Crippen LogP contribution in [-0.2, 0) is 11.0 Å². The zero-order chi connectivity index (χ0) is 24.0. The number of pyridine rings is 2. The number of amides is 3. The van der Waals surface area contributed by atoms with Crippen LogP contribution in [0.15, 0.2) is 55.0 Å². The van der Waals surface area contributed by atoms with Crippen LogP contribution < -0.4 is 20.3 Å². The van der Waals surface area contributed by atoms with Crippen LogP contribution in [0.5, 0.6) is 11.5 Å². The minimum Gasteiger partial charge on any atom is -0.456 e. The Morgan fingerprint density at radius 1 is 1.00 bits per heavy atom. The molecule has 172 valence electrons. The number of carbonyl (C=O) groups excluding carboxylic acids is 2. The van der Waals surface area contributed by atoms with Crippen molar-refractivity contribution < 1.29 is 27.5 Å². The molecule has 1 aromatic carbocycles. The fourth-order valence-corrected chi connectivity index (χ4v) is 3.45. The summed E-state index contributed by atoms with van der Waals surface area (Å²) in [5, 5.41) is 7.13. The summed E-state index contributed by atoms with van der Waals surface area (Å²) in [6, 6.07) is 7.68. The zero-order valence-corrected chi connectivity index (χ0v) is 17.1. The third-order valence-electron chi connectivity index (χ3n) is 5.08. The maximum Gasteiger partial charge on any atom is 0.417 e. The molecule has 0 bridgehead atoms. The molecule has 4 aromatic rings. The van der Waals surface area contributed by atoms with E-state index in [9.17, 15) is 22.8 Å². The van der Waals surface area contributed by atoms with E-state index in [1.165, 1.54) is 30.5 Å². The molecule has 0 saturated carbocycles. The van der Waals surface area contributed by atoms with Gasteiger partial charge < -0.3 is 10.5 Å². The third kappa shape index (κ3) is 3.72. The molecule has 0 radical (unpaired) electrons. The van der Waals surface area contributed by atoms with E-state index in [4.69, 9.17) is 10.5 Å². The number of nitrogens with two attached hydrogens (primary N) is 1. The van der Waals surface area contributed by atoms with Crippen molar-refractivity contribution in [2.75, 3.05) is 22.1 Å². The predicted molar refractivity (Wildman–Crippen MR) is 114 cm³/mol. The summed E-state index contributed by atoms with van der Waals surface area (Å²) in [4.78, 5) is 34.9. The van der Waals surface area contributed by atoms with Gasteiger partial charge in [-0.3, -0.25) is 19.8 Å². The number of hydrogen-bond donors (Lipinski definition) is 2. The lowest BCUT2D eigenvalue weighted by Crippen LogP contribution is -2.33. The molecule has 0 spiro atoms. The maximum absolute atomic E-state index is 13.0. The van der Waals surface area contributed by atoms with Gasteiger partial charge in [0, 0.05) is 6.20 Å². The smallest absolute Gasteiger partial charge is 0.417 e. The van der Waals surface area contributed by atoms with Gasteiger partial charge in [-0.15, -0.1) is 0 Å². The fourth-order valence-electron chi connectivity index (χ4n) is 3.45. The molecule has 34 heavy (non-hydrogen) atoms. The standard InChI is InChI=1S/C21H14F3N7O3/c22-21(23,24)11-5-13(8-26-7-11)30-10-17(32)31(20(30)33)12-1-3-14(4-2-12)34-15-6-16-18(25)28-29-19(16)27-9-15/h1-9H,10H2,(H3,25,27,28,29). The lowest BCUT2D eigenvalue weighted by Gasteiger charge is -2.18. The van der Waals surface area contributed by atoms with Crippen LogP contribution in [0.4, 0.5) is 35.2 Å². The average Bonchev–Trinajstić information content (AvgIpc) is 3.32. The number of nitrogen functional groups attached to an aromatic ring is 1. The van der Waals surface area contributed by atoms with Crippen molar-refractivity contribution in [2.24, 2.45) is 0 Å². The summed E-state index contributed by atoms with van der Waals surface area (Å²) in [7, 11) is 0. The Bertz CT molecular complexity index is 1420. The molecule has 10 nitrogen and oxygen atoms in total. The van der Waals surface area contributed by atoms with Gasteiger partial charge in [-0.1, -0.05) is 0 Å². The highest BCUT2D eigenvalue weighted by Crippen LogP contribution is 2.33. The number of halogens is 3. The number of nitrogens with one attached hydrogen (secondary N) is 1. The summed E-state index contributed by atoms with van der Waals surface area (Å²) in [6.07, 6.45) is -1.41. The molecule has 3 aromatic heterocycles. The number of imide groups is 1. The molecule has 0 aliphatic carbocycles. The minimum absolute atomic E-state index is 0.128. The second-order valence-electron chi connectivity index (χ2n) is 7.30. The van der Waals surface area contributed by atoms with Crippen LogP contribution in [0.1, 0.15) is 5.56 Å². The fraction of sp³-hybridized carbons (Fsp3) is 0.0952. The van der Waals surface area contributed by atoms with Crippen molar-refractivity contribution in [1.82, 2.24) is 20.2 Å². The van der Waals surface area contributed by atoms with E-state index < -0.39 is 30.2 Å². The van der Waals surface area contributed by atoms with Gasteiger partial charge >= 0.3 is 12.2 Å². The van der Waals surface area contributed by atoms with Crippen molar-refractivity contribution in [2.45, 2.75) is 6.18 Å². The van der Waals surface area contributed by atoms with Crippen LogP contribution in [-0.4, -0.2) is 38.6 Å². The molecule has 1 saturated heterocycles. The Morgan fingerprint density at radius 2 is 1.76 bits per heavy atom. The van der Waals surface area contributed by atoms with Gasteiger partial charge in [0.1, 0.15) is 18.0 Å². The second kappa shape index (κ2) is 7.72. The summed E-state index contributed by atoms with van der Waals surface area (Å²) in [6.45, 7) is -0.419. The minimum atomic E-state index is -4.63. The topological polar surface area (TPSA) is 130 Å². The molecule has 0 atom stereocenters. The molecule has 3 N–H and O–H groups in total. The Kier molecular flexibility index (Phi) is 4.81. The Balaban J connectivity index is 1.35. The van der Waals surface area contributed by atoms with E-state index in [-0.39, 0.29) is 17.2 Å². The number of rotatable bonds is 4. The molecule has 1 fully saturated rings. The van der Waals surface area contributed by atoms with E-state index in [0.29, 0.717) is 28.7 Å². The number of aromatic amines is 1. The van der Waals surface area contributed by atoms with Crippen LogP contribution in [0.25, 0.3) is 11.0 Å². The first-order valence-corrected chi connectivity index (χ1v) is 9.75. The number of hydrogen-bond acceptors (Lipinski definition) is 7. The summed E-state index contributed by atoms with van der Waals surface area (Å²) in [5.74, 6) is 0.464. The molecular formula is C21H14F3N7O3. The van der Waals surface area contributed by atoms with E-state index in [1.807, 2.05) is 0 Å². The molecule has 1 aliphatic heterocycles. The van der Waals surface area contributed by atoms with E-state index in [1.54, 1.807) is 6.07 Å². The van der Waals surface area contributed by atoms with Crippen LogP contribution in [0.3, 0.4) is 0 Å². The highest BCUT2D eigenvalue weighted by Gasteiger charge is 2.39. The van der Waals surface area contributed by atoms with Crippen LogP contribution in [0, 0.1) is 0 Å². The molecular weight excluding hydrogens is 455 g/mol. The molecule has 3 amide bonds. The first-order valence-electron chi connectivity index (χ1n) is 9.75. The zero-order valence-electron chi connectivity index (χ0n) is 17.1. The normalized spacial score (nSPS) is 14.3. The van der Waals surface area contributed by atoms with Crippen molar-refractivity contribution in [3.63, 3.8) is 0 Å². The molecule has 13 heteroatoms. The van der Waals surface area contributed by atoms with Crippen molar-refractivity contribution in [1.29, 1.82) is 0 Å². The molecule has 5 rings (SSSR count). The number of H-pyrrole nitrogens is 1. The van der Waals surface area contributed by atoms with Crippen LogP contribution >= 0.6 is 0 Å². The highest BCUT2D eigenvalue weighted by atomic mass is 19.4. The number of alkyl halides is 3. The van der Waals surface area contributed by atoms with Gasteiger partial charge in [-0.05, 0) is 36.4 Å². The number of benzene rings is 1. The monoisotopic (exact) mass is 469 g/mol. The molecule has 0 unspecified atom stereocenters. The largest absolute Gasteiger partial charge is 0.456 e. The number of ether oxygens (including phenoxy) is 1. The van der Waals surface area contributed by atoms with E-state index in [0.717, 1.165) is 22.1 Å². The number of carbonyl (C=O) groups is 2. The average molecular weight is 469 g/mol. The lowest BCUT2D eigenvalue weighted by atomic mass is 10.2. The van der Waals surface area contributed by atoms with E-state index in [2.05, 4.69) is 20.2 Å². The van der Waals surface area contributed by atoms with Crippen molar-refractivity contribution >= 4 is 40.2 Å². The maximum atomic E-state index is 13.0. The Hall–Kier alpha value is -4.68. The van der Waals surface area contributed by atoms with Crippen molar-refractivity contribution in [3.8, 4) is 11.5 Å². The quantitative estimate of drug-likeness (QED) is 0.436. The lowest BCUT2D eigenvalue weighted by molar-refractivity contribution is -0.137. The van der Waals surface area contributed by atoms with Gasteiger partial charge in [0.05, 0.1) is 34.7 Å². The molecule has 4 heterocycles. The van der Waals surface area contributed by atoms with Gasteiger partial charge in [0.15, 0.2) is 11.5 Å². The van der Waals surface area contributed by atoms with Crippen LogP contribution in [0.2, 0.25) is 0 Å². The summed E-state index contributed by atoms with van der Waals surface area (Å²) in [5.41, 5.74) is 5.36. The number of urea groups is 1. The number of aromatic nitrogens is 4. The number of fused-ring (bicyclic) bond motifs is 1. The Morgan fingerprint density at radius 3 is 2.50 bits per heavy atom. The summed E-state index contributed by atoms with van der Waals surface area (Å²) < 4.78 is 44.7. The van der Waals surface area contributed by atoms with Gasteiger partial charge in [0.2, 0.25) is 0 Å². The first-order chi connectivity index (χ1) is 16.2. The second-order valence-corrected chi connectivity index (χ2v) is 7.30. The van der Waals surface area contributed by atoms with Crippen molar-refractivity contribution in [3.05, 3.63) is 60.6 Å². The predicted octanol–water partition coefficient (Wildman–Crippen LogP) is 3.72.